The molecule has 0 N–H and O–H groups in total. The zero-order valence-corrected chi connectivity index (χ0v) is 10.6. The molecule has 2 nitrogen and oxygen atoms in total. The van der Waals surface area contributed by atoms with Crippen LogP contribution >= 0.6 is 11.6 Å². The van der Waals surface area contributed by atoms with Gasteiger partial charge >= 0.3 is 0 Å². The van der Waals surface area contributed by atoms with E-state index in [1.165, 1.54) is 22.4 Å². The number of benzene rings is 1. The second-order valence-corrected chi connectivity index (χ2v) is 4.94. The van der Waals surface area contributed by atoms with Crippen molar-refractivity contribution in [3.05, 3.63) is 46.7 Å². The summed E-state index contributed by atoms with van der Waals surface area (Å²) in [5.74, 6) is 0. The lowest BCUT2D eigenvalue weighted by atomic mass is 9.95. The van der Waals surface area contributed by atoms with Gasteiger partial charge in [-0.25, -0.2) is 0 Å². The van der Waals surface area contributed by atoms with Crippen molar-refractivity contribution in [1.29, 1.82) is 0 Å². The molecule has 0 amide bonds. The zero-order chi connectivity index (χ0) is 12.0. The molecule has 3 heteroatoms. The normalized spacial score (nSPS) is 13.2. The lowest BCUT2D eigenvalue weighted by Crippen LogP contribution is -2.21. The molecule has 17 heavy (non-hydrogen) atoms. The molecule has 0 aliphatic carbocycles. The first kappa shape index (κ1) is 10.6. The fraction of sp³-hybridized carbons (Fsp3) is 0.214. The molecule has 2 heterocycles. The van der Waals surface area contributed by atoms with E-state index in [1.54, 1.807) is 0 Å². The molecule has 0 saturated heterocycles. The molecule has 1 aromatic heterocycles. The summed E-state index contributed by atoms with van der Waals surface area (Å²) in [6.07, 6.45) is 1.97. The molecular weight excluding hydrogens is 232 g/mol. The SMILES string of the molecule is Cc1cc2c(cn1)CN(C)c1cc(Cl)ccc1-2. The van der Waals surface area contributed by atoms with Crippen molar-refractivity contribution in [2.75, 3.05) is 11.9 Å². The molecule has 0 saturated carbocycles. The maximum atomic E-state index is 6.06. The smallest absolute Gasteiger partial charge is 0.0461 e. The maximum absolute atomic E-state index is 6.06. The van der Waals surface area contributed by atoms with E-state index in [9.17, 15) is 0 Å². The van der Waals surface area contributed by atoms with E-state index in [0.29, 0.717) is 0 Å². The van der Waals surface area contributed by atoms with Gasteiger partial charge in [0.2, 0.25) is 0 Å². The van der Waals surface area contributed by atoms with E-state index in [2.05, 4.69) is 29.1 Å². The third-order valence-electron chi connectivity index (χ3n) is 3.19. The molecule has 0 fully saturated rings. The molecule has 2 aromatic rings. The summed E-state index contributed by atoms with van der Waals surface area (Å²) in [6, 6.07) is 8.20. The van der Waals surface area contributed by atoms with E-state index in [4.69, 9.17) is 11.6 Å². The average Bonchev–Trinajstić information content (AvgIpc) is 2.30. The van der Waals surface area contributed by atoms with Crippen LogP contribution in [0.5, 0.6) is 0 Å². The van der Waals surface area contributed by atoms with E-state index in [0.717, 1.165) is 17.3 Å². The predicted molar refractivity (Wildman–Crippen MR) is 71.5 cm³/mol. The Kier molecular flexibility index (Phi) is 2.33. The zero-order valence-electron chi connectivity index (χ0n) is 9.87. The lowest BCUT2D eigenvalue weighted by molar-refractivity contribution is 0.899. The number of aryl methyl sites for hydroxylation is 1. The molecule has 0 spiro atoms. The van der Waals surface area contributed by atoms with Crippen LogP contribution in [0.2, 0.25) is 5.02 Å². The first-order chi connectivity index (χ1) is 8.15. The summed E-state index contributed by atoms with van der Waals surface area (Å²) in [5.41, 5.74) is 6.03. The first-order valence-corrected chi connectivity index (χ1v) is 5.99. The minimum absolute atomic E-state index is 0.782. The van der Waals surface area contributed by atoms with Gasteiger partial charge in [-0.2, -0.15) is 0 Å². The second-order valence-electron chi connectivity index (χ2n) is 4.50. The number of rotatable bonds is 0. The molecule has 0 unspecified atom stereocenters. The van der Waals surface area contributed by atoms with Gasteiger partial charge in [0.15, 0.2) is 0 Å². The highest BCUT2D eigenvalue weighted by molar-refractivity contribution is 6.31. The molecule has 1 aliphatic rings. The number of anilines is 1. The molecule has 0 bridgehead atoms. The van der Waals surface area contributed by atoms with E-state index in [-0.39, 0.29) is 0 Å². The van der Waals surface area contributed by atoms with Gasteiger partial charge in [-0.15, -0.1) is 0 Å². The number of halogens is 1. The summed E-state index contributed by atoms with van der Waals surface area (Å²) in [7, 11) is 2.08. The molecular formula is C14H13ClN2. The number of aromatic nitrogens is 1. The Morgan fingerprint density at radius 1 is 1.24 bits per heavy atom. The van der Waals surface area contributed by atoms with Crippen molar-refractivity contribution in [2.45, 2.75) is 13.5 Å². The summed E-state index contributed by atoms with van der Waals surface area (Å²) in [6.45, 7) is 2.91. The Hall–Kier alpha value is -1.54. The Morgan fingerprint density at radius 2 is 2.06 bits per heavy atom. The Labute approximate surface area is 106 Å². The highest BCUT2D eigenvalue weighted by Gasteiger charge is 2.20. The third kappa shape index (κ3) is 1.69. The van der Waals surface area contributed by atoms with Gasteiger partial charge in [0.05, 0.1) is 0 Å². The Balaban J connectivity index is 2.28. The molecule has 3 rings (SSSR count). The van der Waals surface area contributed by atoms with Crippen molar-refractivity contribution in [3.8, 4) is 11.1 Å². The summed E-state index contributed by atoms with van der Waals surface area (Å²) < 4.78 is 0. The number of pyridine rings is 1. The number of hydrogen-bond acceptors (Lipinski definition) is 2. The highest BCUT2D eigenvalue weighted by Crippen LogP contribution is 2.39. The average molecular weight is 245 g/mol. The van der Waals surface area contributed by atoms with E-state index < -0.39 is 0 Å². The van der Waals surface area contributed by atoms with E-state index >= 15 is 0 Å². The fourth-order valence-electron chi connectivity index (χ4n) is 2.35. The van der Waals surface area contributed by atoms with Crippen LogP contribution in [-0.2, 0) is 6.54 Å². The van der Waals surface area contributed by atoms with Crippen molar-refractivity contribution < 1.29 is 0 Å². The summed E-state index contributed by atoms with van der Waals surface area (Å²) >= 11 is 6.06. The minimum Gasteiger partial charge on any atom is -0.370 e. The summed E-state index contributed by atoms with van der Waals surface area (Å²) in [4.78, 5) is 6.57. The molecule has 0 radical (unpaired) electrons. The third-order valence-corrected chi connectivity index (χ3v) is 3.43. The number of nitrogens with zero attached hydrogens (tertiary/aromatic N) is 2. The molecule has 1 aliphatic heterocycles. The van der Waals surface area contributed by atoms with Crippen LogP contribution in [0.4, 0.5) is 5.69 Å². The molecule has 1 aromatic carbocycles. The maximum Gasteiger partial charge on any atom is 0.0461 e. The fourth-order valence-corrected chi connectivity index (χ4v) is 2.52. The van der Waals surface area contributed by atoms with Crippen LogP contribution in [-0.4, -0.2) is 12.0 Å². The Morgan fingerprint density at radius 3 is 2.88 bits per heavy atom. The topological polar surface area (TPSA) is 16.1 Å². The van der Waals surface area contributed by atoms with Crippen LogP contribution in [0, 0.1) is 6.92 Å². The first-order valence-electron chi connectivity index (χ1n) is 5.62. The van der Waals surface area contributed by atoms with Crippen LogP contribution in [0.25, 0.3) is 11.1 Å². The van der Waals surface area contributed by atoms with Crippen LogP contribution in [0.1, 0.15) is 11.3 Å². The van der Waals surface area contributed by atoms with Crippen LogP contribution < -0.4 is 4.90 Å². The van der Waals surface area contributed by atoms with Gasteiger partial charge in [0.25, 0.3) is 0 Å². The van der Waals surface area contributed by atoms with Crippen molar-refractivity contribution in [3.63, 3.8) is 0 Å². The lowest BCUT2D eigenvalue weighted by Gasteiger charge is -2.29. The quantitative estimate of drug-likeness (QED) is 0.703. The predicted octanol–water partition coefficient (Wildman–Crippen LogP) is 3.66. The van der Waals surface area contributed by atoms with Gasteiger partial charge in [0, 0.05) is 41.8 Å². The van der Waals surface area contributed by atoms with Gasteiger partial charge in [0.1, 0.15) is 0 Å². The van der Waals surface area contributed by atoms with Gasteiger partial charge in [-0.1, -0.05) is 17.7 Å². The number of hydrogen-bond donors (Lipinski definition) is 0. The largest absolute Gasteiger partial charge is 0.370 e. The summed E-state index contributed by atoms with van der Waals surface area (Å²) in [5, 5.41) is 0.782. The van der Waals surface area contributed by atoms with Crippen LogP contribution in [0.15, 0.2) is 30.5 Å². The molecule has 0 atom stereocenters. The second kappa shape index (κ2) is 3.74. The van der Waals surface area contributed by atoms with Gasteiger partial charge < -0.3 is 4.90 Å². The van der Waals surface area contributed by atoms with Crippen molar-refractivity contribution in [1.82, 2.24) is 4.98 Å². The van der Waals surface area contributed by atoms with Gasteiger partial charge in [-0.05, 0) is 36.2 Å². The van der Waals surface area contributed by atoms with Crippen molar-refractivity contribution >= 4 is 17.3 Å². The van der Waals surface area contributed by atoms with Crippen LogP contribution in [0.3, 0.4) is 0 Å². The van der Waals surface area contributed by atoms with E-state index in [1.807, 2.05) is 25.3 Å². The Bertz CT molecular complexity index is 593. The highest BCUT2D eigenvalue weighted by atomic mass is 35.5. The minimum atomic E-state index is 0.782. The van der Waals surface area contributed by atoms with Gasteiger partial charge in [-0.3, -0.25) is 4.98 Å². The van der Waals surface area contributed by atoms with Crippen molar-refractivity contribution in [2.24, 2.45) is 0 Å². The molecule has 86 valence electrons. The number of fused-ring (bicyclic) bond motifs is 3. The monoisotopic (exact) mass is 244 g/mol. The standard InChI is InChI=1S/C14H13ClN2/c1-9-5-13-10(7-16-9)8-17(2)14-6-11(15)3-4-12(13)14/h3-7H,8H2,1-2H3.